The first-order chi connectivity index (χ1) is 17.0. The van der Waals surface area contributed by atoms with E-state index in [0.717, 1.165) is 0 Å². The molecule has 0 fully saturated rings. The van der Waals surface area contributed by atoms with Gasteiger partial charge in [-0.1, -0.05) is 74.3 Å². The van der Waals surface area contributed by atoms with Crippen molar-refractivity contribution in [3.8, 4) is 0 Å². The van der Waals surface area contributed by atoms with Crippen LogP contribution in [0, 0.1) is 5.41 Å². The summed E-state index contributed by atoms with van der Waals surface area (Å²) in [6.07, 6.45) is 1.52. The van der Waals surface area contributed by atoms with Crippen molar-refractivity contribution in [2.75, 3.05) is 10.6 Å². The molecule has 3 aromatic carbocycles. The van der Waals surface area contributed by atoms with Gasteiger partial charge in [0.1, 0.15) is 17.0 Å². The Hall–Kier alpha value is -3.68. The average Bonchev–Trinajstić information content (AvgIpc) is 2.86. The number of halogens is 2. The summed E-state index contributed by atoms with van der Waals surface area (Å²) >= 11 is 12.1. The predicted molar refractivity (Wildman–Crippen MR) is 144 cm³/mol. The Morgan fingerprint density at radius 1 is 0.833 bits per heavy atom. The number of carbonyl (C=O) groups excluding carboxylic acids is 1. The van der Waals surface area contributed by atoms with Crippen molar-refractivity contribution in [1.29, 1.82) is 0 Å². The second-order valence-corrected chi connectivity index (χ2v) is 10.1. The monoisotopic (exact) mass is 522 g/mol. The summed E-state index contributed by atoms with van der Waals surface area (Å²) in [7, 11) is 0. The van der Waals surface area contributed by atoms with Gasteiger partial charge in [0.2, 0.25) is 0 Å². The van der Waals surface area contributed by atoms with Gasteiger partial charge >= 0.3 is 0 Å². The normalized spacial score (nSPS) is 13.1. The van der Waals surface area contributed by atoms with E-state index in [1.165, 1.54) is 6.20 Å². The highest BCUT2D eigenvalue weighted by Gasteiger charge is 2.47. The summed E-state index contributed by atoms with van der Waals surface area (Å²) in [5.41, 5.74) is -1.84. The van der Waals surface area contributed by atoms with Crippen molar-refractivity contribution in [3.05, 3.63) is 115 Å². The topological polar surface area (TPSA) is 100 Å². The molecule has 0 aliphatic carbocycles. The maximum Gasteiger partial charge on any atom is 0.253 e. The van der Waals surface area contributed by atoms with Crippen LogP contribution >= 0.6 is 23.2 Å². The van der Waals surface area contributed by atoms with Crippen molar-refractivity contribution in [2.45, 2.75) is 26.4 Å². The molecule has 0 saturated heterocycles. The molecule has 9 heteroatoms. The highest BCUT2D eigenvalue weighted by molar-refractivity contribution is 6.32. The molecule has 1 heterocycles. The van der Waals surface area contributed by atoms with E-state index in [9.17, 15) is 14.4 Å². The fourth-order valence-electron chi connectivity index (χ4n) is 3.95. The van der Waals surface area contributed by atoms with Gasteiger partial charge in [-0.2, -0.15) is 0 Å². The van der Waals surface area contributed by atoms with Crippen molar-refractivity contribution in [3.63, 3.8) is 0 Å². The number of nitrogens with zero attached hydrogens (tertiary/aromatic N) is 1. The molecule has 0 aliphatic rings. The van der Waals surface area contributed by atoms with Crippen LogP contribution in [0.3, 0.4) is 0 Å². The minimum Gasteiger partial charge on any atom is -0.353 e. The molecule has 0 saturated carbocycles. The third-order valence-electron chi connectivity index (χ3n) is 5.98. The highest BCUT2D eigenvalue weighted by Crippen LogP contribution is 2.41. The summed E-state index contributed by atoms with van der Waals surface area (Å²) in [6, 6.07) is 19.0. The lowest BCUT2D eigenvalue weighted by molar-refractivity contribution is 0.0810. The van der Waals surface area contributed by atoms with Crippen molar-refractivity contribution >= 4 is 46.2 Å². The van der Waals surface area contributed by atoms with Crippen molar-refractivity contribution in [2.24, 2.45) is 5.41 Å². The number of hydrogen-bond donors (Lipinski definition) is 3. The lowest BCUT2D eigenvalue weighted by Crippen LogP contribution is -2.61. The molecule has 0 bridgehead atoms. The molecule has 7 nitrogen and oxygen atoms in total. The number of carbonyl (C=O) groups is 1. The molecular formula is C27H24Cl2N4O3. The number of anilines is 3. The fourth-order valence-corrected chi connectivity index (χ4v) is 4.24. The van der Waals surface area contributed by atoms with E-state index in [2.05, 4.69) is 20.9 Å². The summed E-state index contributed by atoms with van der Waals surface area (Å²) < 4.78 is 0. The molecule has 0 radical (unpaired) electrons. The Bertz CT molecular complexity index is 1470. The molecule has 3 N–H and O–H groups in total. The smallest absolute Gasteiger partial charge is 0.253 e. The van der Waals surface area contributed by atoms with Crippen LogP contribution in [-0.4, -0.2) is 10.9 Å². The standard InChI is InChI=1S/C27H24Cl2N4O3/c1-26(2,3)27(17-8-5-4-6-9-17,33-25(36)16-11-13-18(28)14-12-16)32-21-20(22(34)23(21)35)31-19-10-7-15-30-24(19)29/h4-15,31-32H,1-3H3,(H,33,36). The van der Waals surface area contributed by atoms with Crippen molar-refractivity contribution in [1.82, 2.24) is 10.3 Å². The molecule has 4 rings (SSSR count). The maximum absolute atomic E-state index is 13.4. The molecule has 36 heavy (non-hydrogen) atoms. The Kier molecular flexibility index (Phi) is 6.89. The predicted octanol–water partition coefficient (Wildman–Crippen LogP) is 5.47. The number of aromatic nitrogens is 1. The first-order valence-corrected chi connectivity index (χ1v) is 11.9. The van der Waals surface area contributed by atoms with Crippen LogP contribution in [0.15, 0.2) is 82.5 Å². The van der Waals surface area contributed by atoms with Crippen molar-refractivity contribution < 1.29 is 4.79 Å². The van der Waals surface area contributed by atoms with Gasteiger partial charge in [-0.15, -0.1) is 0 Å². The summed E-state index contributed by atoms with van der Waals surface area (Å²) in [6.45, 7) is 5.77. The number of hydrogen-bond acceptors (Lipinski definition) is 6. The third kappa shape index (κ3) is 4.72. The van der Waals surface area contributed by atoms with Gasteiger partial charge in [0.15, 0.2) is 5.15 Å². The molecule has 1 unspecified atom stereocenters. The number of benzene rings is 2. The molecular weight excluding hydrogens is 499 g/mol. The van der Waals surface area contributed by atoms with E-state index in [1.54, 1.807) is 36.4 Å². The average molecular weight is 523 g/mol. The zero-order chi connectivity index (χ0) is 26.1. The lowest BCUT2D eigenvalue weighted by atomic mass is 9.75. The molecule has 0 aliphatic heterocycles. The minimum atomic E-state index is -1.29. The zero-order valence-corrected chi connectivity index (χ0v) is 21.4. The van der Waals surface area contributed by atoms with Gasteiger partial charge in [-0.25, -0.2) is 4.98 Å². The SMILES string of the molecule is CC(C)(C)C(NC(=O)c1ccc(Cl)cc1)(Nc1c(Nc2cccnc2Cl)c(=O)c1=O)c1ccccc1. The van der Waals surface area contributed by atoms with Crippen LogP contribution in [0.1, 0.15) is 36.7 Å². The zero-order valence-electron chi connectivity index (χ0n) is 19.9. The summed E-state index contributed by atoms with van der Waals surface area (Å²) in [5.74, 6) is -0.388. The molecule has 4 aromatic rings. The molecule has 184 valence electrons. The van der Waals surface area contributed by atoms with Crippen LogP contribution < -0.4 is 26.8 Å². The van der Waals surface area contributed by atoms with E-state index in [4.69, 9.17) is 23.2 Å². The Morgan fingerprint density at radius 3 is 2.08 bits per heavy atom. The van der Waals surface area contributed by atoms with Gasteiger partial charge in [0.05, 0.1) is 5.69 Å². The van der Waals surface area contributed by atoms with Crippen LogP contribution in [0.4, 0.5) is 17.1 Å². The molecule has 0 spiro atoms. The minimum absolute atomic E-state index is 0.0371. The number of nitrogens with one attached hydrogen (secondary N) is 3. The Balaban J connectivity index is 1.82. The number of amides is 1. The Labute approximate surface area is 218 Å². The lowest BCUT2D eigenvalue weighted by Gasteiger charge is -2.47. The first-order valence-electron chi connectivity index (χ1n) is 11.2. The van der Waals surface area contributed by atoms with E-state index in [1.807, 2.05) is 51.1 Å². The van der Waals surface area contributed by atoms with Gasteiger partial charge < -0.3 is 16.0 Å². The van der Waals surface area contributed by atoms with Gasteiger partial charge in [0.25, 0.3) is 16.8 Å². The highest BCUT2D eigenvalue weighted by atomic mass is 35.5. The second-order valence-electron chi connectivity index (χ2n) is 9.33. The molecule has 1 amide bonds. The fraction of sp³-hybridized carbons (Fsp3) is 0.185. The van der Waals surface area contributed by atoms with Crippen LogP contribution in [-0.2, 0) is 5.66 Å². The van der Waals surface area contributed by atoms with E-state index in [-0.39, 0.29) is 22.4 Å². The largest absolute Gasteiger partial charge is 0.353 e. The van der Waals surface area contributed by atoms with Gasteiger partial charge in [-0.05, 0) is 42.0 Å². The van der Waals surface area contributed by atoms with E-state index in [0.29, 0.717) is 21.8 Å². The second kappa shape index (κ2) is 9.76. The Morgan fingerprint density at radius 2 is 1.47 bits per heavy atom. The van der Waals surface area contributed by atoms with Crippen LogP contribution in [0.2, 0.25) is 10.2 Å². The molecule has 1 aromatic heterocycles. The number of pyridine rings is 1. The van der Waals surface area contributed by atoms with Gasteiger partial charge in [-0.3, -0.25) is 14.4 Å². The quantitative estimate of drug-likeness (QED) is 0.169. The van der Waals surface area contributed by atoms with Crippen LogP contribution in [0.25, 0.3) is 0 Å². The third-order valence-corrected chi connectivity index (χ3v) is 6.53. The van der Waals surface area contributed by atoms with E-state index < -0.39 is 21.9 Å². The van der Waals surface area contributed by atoms with E-state index >= 15 is 0 Å². The van der Waals surface area contributed by atoms with Crippen LogP contribution in [0.5, 0.6) is 0 Å². The summed E-state index contributed by atoms with van der Waals surface area (Å²) in [4.78, 5) is 42.8. The summed E-state index contributed by atoms with van der Waals surface area (Å²) in [5, 5.41) is 9.90. The molecule has 1 atom stereocenters. The maximum atomic E-state index is 13.4. The first kappa shape index (κ1) is 25.4. The van der Waals surface area contributed by atoms with Gasteiger partial charge in [0, 0.05) is 22.2 Å². The number of rotatable bonds is 7.